The molecule has 2 N–H and O–H groups in total. The molecule has 2 saturated heterocycles. The van der Waals surface area contributed by atoms with Gasteiger partial charge >= 0.3 is 0 Å². The lowest BCUT2D eigenvalue weighted by molar-refractivity contribution is -0.120. The maximum absolute atomic E-state index is 12.2. The SMILES string of the molecule is Cl.O=C(Nc1ccc(N2CCCCC2)cn1)C1CCNCC1. The van der Waals surface area contributed by atoms with E-state index in [9.17, 15) is 4.79 Å². The van der Waals surface area contributed by atoms with Crippen molar-refractivity contribution in [3.8, 4) is 0 Å². The van der Waals surface area contributed by atoms with E-state index in [0.29, 0.717) is 5.82 Å². The van der Waals surface area contributed by atoms with Crippen LogP contribution in [0.2, 0.25) is 0 Å². The molecule has 0 bridgehead atoms. The quantitative estimate of drug-likeness (QED) is 0.896. The van der Waals surface area contributed by atoms with E-state index in [0.717, 1.165) is 44.7 Å². The summed E-state index contributed by atoms with van der Waals surface area (Å²) in [5, 5.41) is 6.22. The van der Waals surface area contributed by atoms with E-state index in [1.54, 1.807) is 0 Å². The molecule has 0 unspecified atom stereocenters. The summed E-state index contributed by atoms with van der Waals surface area (Å²) in [7, 11) is 0. The summed E-state index contributed by atoms with van der Waals surface area (Å²) in [5.74, 6) is 0.892. The van der Waals surface area contributed by atoms with Crippen LogP contribution in [0.15, 0.2) is 18.3 Å². The predicted octanol–water partition coefficient (Wildman–Crippen LogP) is 2.43. The average molecular weight is 325 g/mol. The van der Waals surface area contributed by atoms with E-state index >= 15 is 0 Å². The molecule has 0 aliphatic carbocycles. The van der Waals surface area contributed by atoms with E-state index in [2.05, 4.69) is 26.6 Å². The summed E-state index contributed by atoms with van der Waals surface area (Å²) in [6.07, 6.45) is 7.55. The van der Waals surface area contributed by atoms with Gasteiger partial charge in [0, 0.05) is 19.0 Å². The first-order valence-electron chi connectivity index (χ1n) is 8.05. The molecular formula is C16H25ClN4O. The van der Waals surface area contributed by atoms with Gasteiger partial charge in [-0.2, -0.15) is 0 Å². The van der Waals surface area contributed by atoms with Gasteiger partial charge in [0.05, 0.1) is 11.9 Å². The molecular weight excluding hydrogens is 300 g/mol. The zero-order valence-electron chi connectivity index (χ0n) is 12.9. The van der Waals surface area contributed by atoms with Crippen molar-refractivity contribution in [3.63, 3.8) is 0 Å². The second-order valence-corrected chi connectivity index (χ2v) is 5.96. The number of halogens is 1. The zero-order chi connectivity index (χ0) is 14.5. The average Bonchev–Trinajstić information content (AvgIpc) is 2.57. The standard InChI is InChI=1S/C16H24N4O.ClH/c21-16(13-6-8-17-9-7-13)19-15-5-4-14(12-18-15)20-10-2-1-3-11-20;/h4-5,12-13,17H,1-3,6-11H2,(H,18,19,21);1H. The van der Waals surface area contributed by atoms with Crippen LogP contribution in [0.4, 0.5) is 11.5 Å². The van der Waals surface area contributed by atoms with Crippen LogP contribution in [0.1, 0.15) is 32.1 Å². The maximum atomic E-state index is 12.2. The van der Waals surface area contributed by atoms with Gasteiger partial charge in [-0.05, 0) is 57.3 Å². The fourth-order valence-electron chi connectivity index (χ4n) is 3.11. The second kappa shape index (κ2) is 8.34. The molecule has 3 rings (SSSR count). The number of rotatable bonds is 3. The fourth-order valence-corrected chi connectivity index (χ4v) is 3.11. The van der Waals surface area contributed by atoms with Crippen LogP contribution in [0.3, 0.4) is 0 Å². The molecule has 0 radical (unpaired) electrons. The lowest BCUT2D eigenvalue weighted by atomic mass is 9.97. The number of hydrogen-bond donors (Lipinski definition) is 2. The highest BCUT2D eigenvalue weighted by molar-refractivity contribution is 5.91. The van der Waals surface area contributed by atoms with Gasteiger partial charge in [-0.15, -0.1) is 12.4 Å². The summed E-state index contributed by atoms with van der Waals surface area (Å²) in [5.41, 5.74) is 1.16. The van der Waals surface area contributed by atoms with Crippen LogP contribution in [0, 0.1) is 5.92 Å². The van der Waals surface area contributed by atoms with Gasteiger partial charge < -0.3 is 15.5 Å². The number of nitrogens with zero attached hydrogens (tertiary/aromatic N) is 2. The molecule has 0 aromatic carbocycles. The van der Waals surface area contributed by atoms with Crippen molar-refractivity contribution in [1.82, 2.24) is 10.3 Å². The first-order chi connectivity index (χ1) is 10.3. The molecule has 2 aliphatic heterocycles. The first-order valence-corrected chi connectivity index (χ1v) is 8.05. The highest BCUT2D eigenvalue weighted by Crippen LogP contribution is 2.20. The fraction of sp³-hybridized carbons (Fsp3) is 0.625. The van der Waals surface area contributed by atoms with Crippen molar-refractivity contribution in [3.05, 3.63) is 18.3 Å². The Morgan fingerprint density at radius 2 is 1.91 bits per heavy atom. The molecule has 1 aromatic rings. The molecule has 6 heteroatoms. The van der Waals surface area contributed by atoms with E-state index in [1.807, 2.05) is 12.3 Å². The summed E-state index contributed by atoms with van der Waals surface area (Å²) >= 11 is 0. The Morgan fingerprint density at radius 3 is 2.55 bits per heavy atom. The number of aromatic nitrogens is 1. The minimum absolute atomic E-state index is 0. The predicted molar refractivity (Wildman–Crippen MR) is 91.8 cm³/mol. The van der Waals surface area contributed by atoms with E-state index in [1.165, 1.54) is 19.3 Å². The van der Waals surface area contributed by atoms with Gasteiger partial charge in [-0.1, -0.05) is 0 Å². The second-order valence-electron chi connectivity index (χ2n) is 5.96. The molecule has 3 heterocycles. The monoisotopic (exact) mass is 324 g/mol. The highest BCUT2D eigenvalue weighted by Gasteiger charge is 2.21. The largest absolute Gasteiger partial charge is 0.370 e. The Bertz CT molecular complexity index is 468. The van der Waals surface area contributed by atoms with Gasteiger partial charge in [0.15, 0.2) is 0 Å². The molecule has 2 aliphatic rings. The van der Waals surface area contributed by atoms with Gasteiger partial charge in [0.1, 0.15) is 5.82 Å². The number of nitrogens with one attached hydrogen (secondary N) is 2. The Morgan fingerprint density at radius 1 is 1.18 bits per heavy atom. The molecule has 1 amide bonds. The van der Waals surface area contributed by atoms with E-state index in [4.69, 9.17) is 0 Å². The summed E-state index contributed by atoms with van der Waals surface area (Å²) in [6, 6.07) is 3.99. The normalized spacial score (nSPS) is 19.4. The third-order valence-electron chi connectivity index (χ3n) is 4.43. The molecule has 122 valence electrons. The summed E-state index contributed by atoms with van der Waals surface area (Å²) in [6.45, 7) is 4.09. The van der Waals surface area contributed by atoms with E-state index < -0.39 is 0 Å². The summed E-state index contributed by atoms with van der Waals surface area (Å²) in [4.78, 5) is 18.9. The first kappa shape index (κ1) is 17.0. The molecule has 2 fully saturated rings. The van der Waals surface area contributed by atoms with Crippen molar-refractivity contribution >= 4 is 29.8 Å². The minimum atomic E-state index is 0. The molecule has 0 atom stereocenters. The molecule has 5 nitrogen and oxygen atoms in total. The number of carbonyl (C=O) groups is 1. The lowest BCUT2D eigenvalue weighted by Gasteiger charge is -2.28. The highest BCUT2D eigenvalue weighted by atomic mass is 35.5. The number of hydrogen-bond acceptors (Lipinski definition) is 4. The van der Waals surface area contributed by atoms with Crippen molar-refractivity contribution in [2.45, 2.75) is 32.1 Å². The Kier molecular flexibility index (Phi) is 6.46. The van der Waals surface area contributed by atoms with Crippen molar-refractivity contribution in [1.29, 1.82) is 0 Å². The Labute approximate surface area is 138 Å². The number of anilines is 2. The lowest BCUT2D eigenvalue weighted by Crippen LogP contribution is -2.34. The van der Waals surface area contributed by atoms with Gasteiger partial charge in [-0.25, -0.2) is 4.98 Å². The van der Waals surface area contributed by atoms with Crippen molar-refractivity contribution in [2.75, 3.05) is 36.4 Å². The smallest absolute Gasteiger partial charge is 0.228 e. The van der Waals surface area contributed by atoms with Crippen LogP contribution in [-0.4, -0.2) is 37.1 Å². The van der Waals surface area contributed by atoms with Gasteiger partial charge in [0.2, 0.25) is 5.91 Å². The van der Waals surface area contributed by atoms with Gasteiger partial charge in [-0.3, -0.25) is 4.79 Å². The third kappa shape index (κ3) is 4.34. The van der Waals surface area contributed by atoms with Gasteiger partial charge in [0.25, 0.3) is 0 Å². The minimum Gasteiger partial charge on any atom is -0.370 e. The zero-order valence-corrected chi connectivity index (χ0v) is 13.7. The Balaban J connectivity index is 0.00000176. The molecule has 0 spiro atoms. The molecule has 22 heavy (non-hydrogen) atoms. The number of carbonyl (C=O) groups excluding carboxylic acids is 1. The molecule has 1 aromatic heterocycles. The third-order valence-corrected chi connectivity index (χ3v) is 4.43. The van der Waals surface area contributed by atoms with Crippen molar-refractivity contribution in [2.24, 2.45) is 5.92 Å². The van der Waals surface area contributed by atoms with E-state index in [-0.39, 0.29) is 24.2 Å². The molecule has 0 saturated carbocycles. The van der Waals surface area contributed by atoms with Crippen LogP contribution < -0.4 is 15.5 Å². The number of pyridine rings is 1. The maximum Gasteiger partial charge on any atom is 0.228 e. The number of amides is 1. The van der Waals surface area contributed by atoms with Crippen LogP contribution >= 0.6 is 12.4 Å². The topological polar surface area (TPSA) is 57.3 Å². The summed E-state index contributed by atoms with van der Waals surface area (Å²) < 4.78 is 0. The number of piperidine rings is 2. The van der Waals surface area contributed by atoms with Crippen LogP contribution in [-0.2, 0) is 4.79 Å². The Hall–Kier alpha value is -1.33. The van der Waals surface area contributed by atoms with Crippen LogP contribution in [0.25, 0.3) is 0 Å². The van der Waals surface area contributed by atoms with Crippen LogP contribution in [0.5, 0.6) is 0 Å². The van der Waals surface area contributed by atoms with Crippen molar-refractivity contribution < 1.29 is 4.79 Å².